The Morgan fingerprint density at radius 2 is 1.36 bits per heavy atom. The van der Waals surface area contributed by atoms with Gasteiger partial charge in [0.25, 0.3) is 0 Å². The van der Waals surface area contributed by atoms with E-state index in [0.717, 1.165) is 62.1 Å². The number of carbonyl (C=O) groups excluding carboxylic acids is 1. The number of methoxy groups -OCH3 is 1. The van der Waals surface area contributed by atoms with Crippen molar-refractivity contribution in [1.29, 1.82) is 0 Å². The summed E-state index contributed by atoms with van der Waals surface area (Å²) in [5.41, 5.74) is 3.36. The first-order valence-corrected chi connectivity index (χ1v) is 12.6. The lowest BCUT2D eigenvalue weighted by Crippen LogP contribution is -2.37. The van der Waals surface area contributed by atoms with Gasteiger partial charge < -0.3 is 34.6 Å². The summed E-state index contributed by atoms with van der Waals surface area (Å²) in [5.74, 6) is 1.98. The number of urea groups is 1. The molecule has 0 spiro atoms. The van der Waals surface area contributed by atoms with Crippen molar-refractivity contribution in [1.82, 2.24) is 9.97 Å². The molecule has 2 aromatic carbocycles. The molecule has 12 heteroatoms. The van der Waals surface area contributed by atoms with E-state index in [1.54, 1.807) is 13.3 Å². The number of carbonyl (C=O) groups is 1. The second-order valence-corrected chi connectivity index (χ2v) is 8.67. The second kappa shape index (κ2) is 14.3. The summed E-state index contributed by atoms with van der Waals surface area (Å²) in [6.07, 6.45) is 1.69. The van der Waals surface area contributed by atoms with Crippen molar-refractivity contribution in [2.75, 3.05) is 87.3 Å². The summed E-state index contributed by atoms with van der Waals surface area (Å²) in [6, 6.07) is 15.0. The Morgan fingerprint density at radius 1 is 0.846 bits per heavy atom. The zero-order chi connectivity index (χ0) is 27.5. The molecule has 0 saturated carbocycles. The van der Waals surface area contributed by atoms with Crippen molar-refractivity contribution >= 4 is 28.9 Å². The maximum Gasteiger partial charge on any atom is 0.323 e. The number of hydrogen-bond acceptors (Lipinski definition) is 10. The lowest BCUT2D eigenvalue weighted by molar-refractivity contribution is -0.214. The molecule has 0 bridgehead atoms. The molecule has 0 unspecified atom stereocenters. The smallest absolute Gasteiger partial charge is 0.323 e. The molecule has 39 heavy (non-hydrogen) atoms. The van der Waals surface area contributed by atoms with Gasteiger partial charge in [-0.1, -0.05) is 0 Å². The van der Waals surface area contributed by atoms with E-state index in [-0.39, 0.29) is 6.03 Å². The van der Waals surface area contributed by atoms with E-state index in [1.807, 2.05) is 48.5 Å². The lowest BCUT2D eigenvalue weighted by atomic mass is 10.2. The number of nitrogens with one attached hydrogen (secondary N) is 2. The highest BCUT2D eigenvalue weighted by Gasteiger charge is 2.19. The SMILES string of the molecule is COO.COc1cnc(-c2ccc(NC(=O)Nc3ccc(N4CCOCC4)cc3)cc2)nc1N1CCOCC1. The number of nitrogens with zero attached hydrogens (tertiary/aromatic N) is 4. The third kappa shape index (κ3) is 7.77. The monoisotopic (exact) mass is 538 g/mol. The third-order valence-corrected chi connectivity index (χ3v) is 6.17. The van der Waals surface area contributed by atoms with Gasteiger partial charge in [-0.15, -0.1) is 0 Å². The summed E-state index contributed by atoms with van der Waals surface area (Å²) in [7, 11) is 2.80. The average Bonchev–Trinajstić information content (AvgIpc) is 2.99. The molecule has 2 saturated heterocycles. The Morgan fingerprint density at radius 3 is 1.90 bits per heavy atom. The van der Waals surface area contributed by atoms with Gasteiger partial charge in [0.2, 0.25) is 0 Å². The van der Waals surface area contributed by atoms with Crippen LogP contribution in [0.15, 0.2) is 54.7 Å². The van der Waals surface area contributed by atoms with E-state index in [1.165, 1.54) is 7.11 Å². The average molecular weight is 539 g/mol. The van der Waals surface area contributed by atoms with E-state index in [9.17, 15) is 4.79 Å². The molecule has 2 amide bonds. The Kier molecular flexibility index (Phi) is 10.3. The molecule has 3 N–H and O–H groups in total. The van der Waals surface area contributed by atoms with Crippen molar-refractivity contribution in [2.45, 2.75) is 0 Å². The molecule has 3 aromatic rings. The molecule has 12 nitrogen and oxygen atoms in total. The zero-order valence-electron chi connectivity index (χ0n) is 22.1. The molecule has 0 aliphatic carbocycles. The molecule has 0 atom stereocenters. The predicted octanol–water partition coefficient (Wildman–Crippen LogP) is 3.58. The number of morpholine rings is 2. The van der Waals surface area contributed by atoms with Crippen molar-refractivity contribution in [2.24, 2.45) is 0 Å². The Labute approximate surface area is 227 Å². The summed E-state index contributed by atoms with van der Waals surface area (Å²) in [6.45, 7) is 6.04. The van der Waals surface area contributed by atoms with Crippen LogP contribution in [0.4, 0.5) is 27.7 Å². The first-order valence-electron chi connectivity index (χ1n) is 12.6. The number of amides is 2. The van der Waals surface area contributed by atoms with E-state index in [0.29, 0.717) is 30.5 Å². The summed E-state index contributed by atoms with van der Waals surface area (Å²) >= 11 is 0. The lowest BCUT2D eigenvalue weighted by Gasteiger charge is -2.29. The number of ether oxygens (including phenoxy) is 3. The molecule has 0 radical (unpaired) electrons. The van der Waals surface area contributed by atoms with E-state index < -0.39 is 0 Å². The quantitative estimate of drug-likeness (QED) is 0.316. The molecule has 2 fully saturated rings. The van der Waals surface area contributed by atoms with E-state index in [2.05, 4.69) is 30.3 Å². The minimum Gasteiger partial charge on any atom is -0.491 e. The van der Waals surface area contributed by atoms with Crippen LogP contribution in [-0.4, -0.2) is 88.1 Å². The van der Waals surface area contributed by atoms with Gasteiger partial charge >= 0.3 is 6.03 Å². The van der Waals surface area contributed by atoms with Gasteiger partial charge in [0.1, 0.15) is 0 Å². The van der Waals surface area contributed by atoms with Gasteiger partial charge in [0, 0.05) is 48.8 Å². The van der Waals surface area contributed by atoms with Crippen LogP contribution in [0.2, 0.25) is 0 Å². The van der Waals surface area contributed by atoms with Gasteiger partial charge in [0.05, 0.1) is 46.8 Å². The number of aromatic nitrogens is 2. The van der Waals surface area contributed by atoms with Gasteiger partial charge in [-0.05, 0) is 48.5 Å². The zero-order valence-corrected chi connectivity index (χ0v) is 22.1. The minimum absolute atomic E-state index is 0.308. The van der Waals surface area contributed by atoms with Crippen LogP contribution in [0, 0.1) is 0 Å². The van der Waals surface area contributed by atoms with E-state index >= 15 is 0 Å². The number of anilines is 4. The van der Waals surface area contributed by atoms with Crippen molar-refractivity contribution in [3.05, 3.63) is 54.7 Å². The molecular weight excluding hydrogens is 504 g/mol. The number of hydrogen-bond donors (Lipinski definition) is 3. The van der Waals surface area contributed by atoms with Gasteiger partial charge in [0.15, 0.2) is 17.4 Å². The van der Waals surface area contributed by atoms with Crippen molar-refractivity contribution < 1.29 is 29.1 Å². The van der Waals surface area contributed by atoms with E-state index in [4.69, 9.17) is 24.5 Å². The number of benzene rings is 2. The maximum absolute atomic E-state index is 12.5. The maximum atomic E-state index is 12.5. The van der Waals surface area contributed by atoms with Gasteiger partial charge in [-0.3, -0.25) is 5.26 Å². The summed E-state index contributed by atoms with van der Waals surface area (Å²) < 4.78 is 16.3. The molecule has 1 aromatic heterocycles. The highest BCUT2D eigenvalue weighted by Crippen LogP contribution is 2.29. The molecule has 208 valence electrons. The first kappa shape index (κ1) is 28.0. The highest BCUT2D eigenvalue weighted by molar-refractivity contribution is 5.99. The van der Waals surface area contributed by atoms with Crippen LogP contribution < -0.4 is 25.2 Å². The highest BCUT2D eigenvalue weighted by atomic mass is 17.1. The molecule has 2 aliphatic rings. The van der Waals surface area contributed by atoms with Gasteiger partial charge in [-0.25, -0.2) is 19.7 Å². The minimum atomic E-state index is -0.308. The summed E-state index contributed by atoms with van der Waals surface area (Å²) in [5, 5.41) is 12.8. The topological polar surface area (TPSA) is 131 Å². The van der Waals surface area contributed by atoms with Crippen LogP contribution in [0.3, 0.4) is 0 Å². The molecule has 3 heterocycles. The normalized spacial score (nSPS) is 15.2. The Bertz CT molecular complexity index is 1180. The van der Waals surface area contributed by atoms with Crippen LogP contribution in [0.25, 0.3) is 11.4 Å². The molecule has 2 aliphatic heterocycles. The van der Waals surface area contributed by atoms with Crippen LogP contribution in [0.1, 0.15) is 0 Å². The van der Waals surface area contributed by atoms with Crippen molar-refractivity contribution in [3.8, 4) is 17.1 Å². The number of rotatable bonds is 6. The molecule has 5 rings (SSSR count). The predicted molar refractivity (Wildman–Crippen MR) is 149 cm³/mol. The van der Waals surface area contributed by atoms with Crippen molar-refractivity contribution in [3.63, 3.8) is 0 Å². The second-order valence-electron chi connectivity index (χ2n) is 8.67. The third-order valence-electron chi connectivity index (χ3n) is 6.17. The fraction of sp³-hybridized carbons (Fsp3) is 0.370. The largest absolute Gasteiger partial charge is 0.491 e. The molecular formula is C27H34N6O6. The fourth-order valence-electron chi connectivity index (χ4n) is 4.22. The standard InChI is InChI=1S/C26H30N6O4.CH4O2/c1-34-23-18-27-24(30-25(23)32-12-16-36-17-13-32)19-2-4-20(5-3-19)28-26(33)29-21-6-8-22(9-7-21)31-10-14-35-15-11-31;1-3-2/h2-9,18H,10-17H2,1H3,(H2,28,29,33);2H,1H3. The Hall–Kier alpha value is -3.97. The first-order chi connectivity index (χ1) is 19.1. The van der Waals surface area contributed by atoms with Gasteiger partial charge in [-0.2, -0.15) is 0 Å². The van der Waals surface area contributed by atoms with Crippen LogP contribution in [0.5, 0.6) is 5.75 Å². The van der Waals surface area contributed by atoms with Crippen LogP contribution in [-0.2, 0) is 14.4 Å². The Balaban J connectivity index is 0.00000112. The fourth-order valence-corrected chi connectivity index (χ4v) is 4.22. The van der Waals surface area contributed by atoms with Crippen LogP contribution >= 0.6 is 0 Å². The summed E-state index contributed by atoms with van der Waals surface area (Å²) in [4.78, 5) is 29.4.